The first-order valence-corrected chi connectivity index (χ1v) is 5.32. The zero-order chi connectivity index (χ0) is 12.0. The number of esters is 1. The monoisotopic (exact) mass is 243 g/mol. The number of carbonyl (C=O) groups is 1. The number of carbonyl (C=O) groups excluding carboxylic acids is 1. The quantitative estimate of drug-likeness (QED) is 0.636. The molecule has 0 atom stereocenters. The Morgan fingerprint density at radius 3 is 2.75 bits per heavy atom. The van der Waals surface area contributed by atoms with Crippen LogP contribution >= 0.6 is 11.6 Å². The molecule has 0 radical (unpaired) electrons. The van der Waals surface area contributed by atoms with Gasteiger partial charge in [0, 0.05) is 24.2 Å². The van der Waals surface area contributed by atoms with Crippen molar-refractivity contribution in [2.75, 3.05) is 32.0 Å². The van der Waals surface area contributed by atoms with E-state index in [2.05, 4.69) is 10.1 Å². The SMILES string of the molecule is COC(=O)c1ccc(NCCCl)cc1OC. The molecule has 0 bridgehead atoms. The molecule has 0 unspecified atom stereocenters. The third kappa shape index (κ3) is 3.03. The molecule has 0 spiro atoms. The standard InChI is InChI=1S/C11H14ClNO3/c1-15-10-7-8(13-6-5-12)3-4-9(10)11(14)16-2/h3-4,7,13H,5-6H2,1-2H3. The van der Waals surface area contributed by atoms with E-state index in [1.54, 1.807) is 18.2 Å². The molecule has 1 aromatic rings. The average Bonchev–Trinajstić information content (AvgIpc) is 2.34. The van der Waals surface area contributed by atoms with Gasteiger partial charge >= 0.3 is 5.97 Å². The highest BCUT2D eigenvalue weighted by atomic mass is 35.5. The van der Waals surface area contributed by atoms with Gasteiger partial charge in [-0.2, -0.15) is 0 Å². The lowest BCUT2D eigenvalue weighted by molar-refractivity contribution is 0.0597. The van der Waals surface area contributed by atoms with Crippen molar-refractivity contribution in [3.63, 3.8) is 0 Å². The van der Waals surface area contributed by atoms with E-state index in [0.717, 1.165) is 5.69 Å². The highest BCUT2D eigenvalue weighted by molar-refractivity contribution is 6.18. The Morgan fingerprint density at radius 2 is 2.19 bits per heavy atom. The lowest BCUT2D eigenvalue weighted by Gasteiger charge is -2.10. The molecule has 0 fully saturated rings. The van der Waals surface area contributed by atoms with E-state index in [1.165, 1.54) is 14.2 Å². The summed E-state index contributed by atoms with van der Waals surface area (Å²) < 4.78 is 9.75. The first-order valence-electron chi connectivity index (χ1n) is 4.79. The first kappa shape index (κ1) is 12.6. The second-order valence-corrected chi connectivity index (χ2v) is 3.40. The average molecular weight is 244 g/mol. The molecule has 1 aromatic carbocycles. The van der Waals surface area contributed by atoms with E-state index in [4.69, 9.17) is 16.3 Å². The van der Waals surface area contributed by atoms with E-state index in [9.17, 15) is 4.79 Å². The number of alkyl halides is 1. The van der Waals surface area contributed by atoms with Gasteiger partial charge < -0.3 is 14.8 Å². The summed E-state index contributed by atoms with van der Waals surface area (Å²) in [4.78, 5) is 11.4. The predicted octanol–water partition coefficient (Wildman–Crippen LogP) is 2.13. The Kier molecular flexibility index (Phi) is 4.92. The first-order chi connectivity index (χ1) is 7.72. The van der Waals surface area contributed by atoms with Crippen LogP contribution < -0.4 is 10.1 Å². The number of hydrogen-bond donors (Lipinski definition) is 1. The lowest BCUT2D eigenvalue weighted by atomic mass is 10.2. The summed E-state index contributed by atoms with van der Waals surface area (Å²) in [6.45, 7) is 0.655. The molecule has 0 aliphatic carbocycles. The number of rotatable bonds is 5. The molecule has 0 saturated carbocycles. The molecule has 0 saturated heterocycles. The van der Waals surface area contributed by atoms with Gasteiger partial charge in [0.15, 0.2) is 0 Å². The van der Waals surface area contributed by atoms with Crippen molar-refractivity contribution >= 4 is 23.3 Å². The number of methoxy groups -OCH3 is 2. The van der Waals surface area contributed by atoms with Crippen LogP contribution in [0.5, 0.6) is 5.75 Å². The molecular weight excluding hydrogens is 230 g/mol. The minimum absolute atomic E-state index is 0.404. The molecule has 0 aliphatic rings. The van der Waals surface area contributed by atoms with Crippen molar-refractivity contribution in [3.8, 4) is 5.75 Å². The van der Waals surface area contributed by atoms with E-state index >= 15 is 0 Å². The number of anilines is 1. The van der Waals surface area contributed by atoms with Gasteiger partial charge in [-0.05, 0) is 12.1 Å². The summed E-state index contributed by atoms with van der Waals surface area (Å²) in [6.07, 6.45) is 0. The van der Waals surface area contributed by atoms with Gasteiger partial charge in [-0.15, -0.1) is 11.6 Å². The molecule has 0 heterocycles. The van der Waals surface area contributed by atoms with Crippen molar-refractivity contribution in [3.05, 3.63) is 23.8 Å². The summed E-state index contributed by atoms with van der Waals surface area (Å²) in [5.74, 6) is 0.577. The molecule has 4 nitrogen and oxygen atoms in total. The van der Waals surface area contributed by atoms with Crippen molar-refractivity contribution < 1.29 is 14.3 Å². The van der Waals surface area contributed by atoms with E-state index in [0.29, 0.717) is 23.7 Å². The zero-order valence-corrected chi connectivity index (χ0v) is 10.0. The predicted molar refractivity (Wildman–Crippen MR) is 63.5 cm³/mol. The molecule has 0 aromatic heterocycles. The third-order valence-corrected chi connectivity index (χ3v) is 2.22. The van der Waals surface area contributed by atoms with Crippen LogP contribution in [-0.4, -0.2) is 32.6 Å². The van der Waals surface area contributed by atoms with Crippen LogP contribution in [0.1, 0.15) is 10.4 Å². The van der Waals surface area contributed by atoms with Crippen molar-refractivity contribution in [1.29, 1.82) is 0 Å². The lowest BCUT2D eigenvalue weighted by Crippen LogP contribution is -2.06. The van der Waals surface area contributed by atoms with Gasteiger partial charge in [0.25, 0.3) is 0 Å². The van der Waals surface area contributed by atoms with Crippen LogP contribution in [0, 0.1) is 0 Å². The van der Waals surface area contributed by atoms with Gasteiger partial charge in [0.2, 0.25) is 0 Å². The van der Waals surface area contributed by atoms with E-state index in [-0.39, 0.29) is 0 Å². The van der Waals surface area contributed by atoms with Crippen molar-refractivity contribution in [2.45, 2.75) is 0 Å². The second-order valence-electron chi connectivity index (χ2n) is 3.02. The summed E-state index contributed by atoms with van der Waals surface area (Å²) in [7, 11) is 2.84. The molecular formula is C11H14ClNO3. The van der Waals surface area contributed by atoms with Gasteiger partial charge in [0.05, 0.1) is 14.2 Å². The highest BCUT2D eigenvalue weighted by Gasteiger charge is 2.12. The van der Waals surface area contributed by atoms with E-state index < -0.39 is 5.97 Å². The second kappa shape index (κ2) is 6.23. The number of ether oxygens (including phenoxy) is 2. The topological polar surface area (TPSA) is 47.6 Å². The van der Waals surface area contributed by atoms with Gasteiger partial charge in [-0.3, -0.25) is 0 Å². The Hall–Kier alpha value is -1.42. The molecule has 1 N–H and O–H groups in total. The molecule has 16 heavy (non-hydrogen) atoms. The smallest absolute Gasteiger partial charge is 0.341 e. The number of benzene rings is 1. The van der Waals surface area contributed by atoms with Crippen LogP contribution in [0.2, 0.25) is 0 Å². The fourth-order valence-electron chi connectivity index (χ4n) is 1.27. The number of nitrogens with one attached hydrogen (secondary N) is 1. The van der Waals surface area contributed by atoms with Gasteiger partial charge in [0.1, 0.15) is 11.3 Å². The number of halogens is 1. The maximum absolute atomic E-state index is 11.4. The van der Waals surface area contributed by atoms with Crippen LogP contribution in [-0.2, 0) is 4.74 Å². The molecule has 88 valence electrons. The minimum atomic E-state index is -0.416. The summed E-state index contributed by atoms with van der Waals surface area (Å²) >= 11 is 5.56. The summed E-state index contributed by atoms with van der Waals surface area (Å²) in [5, 5.41) is 3.09. The van der Waals surface area contributed by atoms with Crippen molar-refractivity contribution in [1.82, 2.24) is 0 Å². The third-order valence-electron chi connectivity index (χ3n) is 2.03. The fraction of sp³-hybridized carbons (Fsp3) is 0.364. The maximum atomic E-state index is 11.4. The molecule has 5 heteroatoms. The Labute approximate surface area is 99.5 Å². The molecule has 0 aliphatic heterocycles. The maximum Gasteiger partial charge on any atom is 0.341 e. The Balaban J connectivity index is 2.92. The normalized spacial score (nSPS) is 9.69. The molecule has 1 rings (SSSR count). The highest BCUT2D eigenvalue weighted by Crippen LogP contribution is 2.23. The van der Waals surface area contributed by atoms with Crippen LogP contribution in [0.25, 0.3) is 0 Å². The van der Waals surface area contributed by atoms with E-state index in [1.807, 2.05) is 0 Å². The van der Waals surface area contributed by atoms with Gasteiger partial charge in [-0.1, -0.05) is 0 Å². The van der Waals surface area contributed by atoms with Gasteiger partial charge in [-0.25, -0.2) is 4.79 Å². The Bertz CT molecular complexity index is 368. The van der Waals surface area contributed by atoms with Crippen LogP contribution in [0.15, 0.2) is 18.2 Å². The van der Waals surface area contributed by atoms with Crippen LogP contribution in [0.3, 0.4) is 0 Å². The zero-order valence-electron chi connectivity index (χ0n) is 9.25. The Morgan fingerprint density at radius 1 is 1.44 bits per heavy atom. The largest absolute Gasteiger partial charge is 0.496 e. The summed E-state index contributed by atoms with van der Waals surface area (Å²) in [5.41, 5.74) is 1.26. The summed E-state index contributed by atoms with van der Waals surface area (Å²) in [6, 6.07) is 5.17. The minimum Gasteiger partial charge on any atom is -0.496 e. The molecule has 0 amide bonds. The fourth-order valence-corrected chi connectivity index (χ4v) is 1.37. The van der Waals surface area contributed by atoms with Crippen LogP contribution in [0.4, 0.5) is 5.69 Å². The number of hydrogen-bond acceptors (Lipinski definition) is 4. The van der Waals surface area contributed by atoms with Crippen molar-refractivity contribution in [2.24, 2.45) is 0 Å².